The van der Waals surface area contributed by atoms with Crippen LogP contribution in [-0.4, -0.2) is 29.6 Å². The SMILES string of the molecule is O=C1CN(C2CC2C(=O)O)c2ccc(Br)cc2N1. The Hall–Kier alpha value is -1.56. The number of carboxylic acids is 1. The number of benzene rings is 1. The van der Waals surface area contributed by atoms with Crippen LogP contribution in [0, 0.1) is 5.92 Å². The average molecular weight is 311 g/mol. The van der Waals surface area contributed by atoms with Crippen LogP contribution in [-0.2, 0) is 9.59 Å². The Morgan fingerprint density at radius 1 is 1.50 bits per heavy atom. The van der Waals surface area contributed by atoms with Crippen LogP contribution >= 0.6 is 15.9 Å². The molecule has 1 saturated carbocycles. The lowest BCUT2D eigenvalue weighted by Gasteiger charge is -2.31. The third kappa shape index (κ3) is 1.86. The lowest BCUT2D eigenvalue weighted by molar-refractivity contribution is -0.138. The number of nitrogens with zero attached hydrogens (tertiary/aromatic N) is 1. The van der Waals surface area contributed by atoms with Crippen molar-refractivity contribution < 1.29 is 14.7 Å². The standard InChI is InChI=1S/C12H11BrN2O3/c13-6-1-2-9-8(3-6)14-11(16)5-15(9)10-4-7(10)12(17)18/h1-3,7,10H,4-5H2,(H,14,16)(H,17,18). The first-order valence-electron chi connectivity index (χ1n) is 5.65. The number of carbonyl (C=O) groups is 2. The Morgan fingerprint density at radius 3 is 2.94 bits per heavy atom. The molecule has 2 N–H and O–H groups in total. The minimum atomic E-state index is -0.787. The molecule has 1 fully saturated rings. The van der Waals surface area contributed by atoms with Gasteiger partial charge in [-0.3, -0.25) is 9.59 Å². The monoisotopic (exact) mass is 310 g/mol. The van der Waals surface area contributed by atoms with Crippen molar-refractivity contribution in [3.63, 3.8) is 0 Å². The molecule has 0 saturated heterocycles. The van der Waals surface area contributed by atoms with E-state index in [-0.39, 0.29) is 24.4 Å². The highest BCUT2D eigenvalue weighted by Gasteiger charge is 2.48. The molecule has 0 radical (unpaired) electrons. The first-order valence-corrected chi connectivity index (χ1v) is 6.44. The number of anilines is 2. The molecule has 1 aromatic carbocycles. The van der Waals surface area contributed by atoms with Crippen molar-refractivity contribution in [3.05, 3.63) is 22.7 Å². The van der Waals surface area contributed by atoms with E-state index in [0.29, 0.717) is 6.42 Å². The fourth-order valence-electron chi connectivity index (χ4n) is 2.38. The highest BCUT2D eigenvalue weighted by atomic mass is 79.9. The maximum absolute atomic E-state index is 11.6. The lowest BCUT2D eigenvalue weighted by atomic mass is 10.2. The quantitative estimate of drug-likeness (QED) is 0.872. The molecule has 2 unspecified atom stereocenters. The minimum absolute atomic E-state index is 0.0616. The molecule has 3 rings (SSSR count). The molecule has 1 aliphatic heterocycles. The van der Waals surface area contributed by atoms with Crippen molar-refractivity contribution in [1.82, 2.24) is 0 Å². The van der Waals surface area contributed by atoms with Gasteiger partial charge in [0.25, 0.3) is 0 Å². The predicted octanol–water partition coefficient (Wildman–Crippen LogP) is 1.68. The maximum atomic E-state index is 11.6. The first kappa shape index (κ1) is 11.5. The smallest absolute Gasteiger partial charge is 0.308 e. The van der Waals surface area contributed by atoms with E-state index in [0.717, 1.165) is 15.8 Å². The first-order chi connectivity index (χ1) is 8.56. The van der Waals surface area contributed by atoms with Gasteiger partial charge in [-0.05, 0) is 24.6 Å². The molecule has 0 aromatic heterocycles. The van der Waals surface area contributed by atoms with E-state index in [4.69, 9.17) is 5.11 Å². The Labute approximate surface area is 112 Å². The van der Waals surface area contributed by atoms with Crippen LogP contribution in [0.15, 0.2) is 22.7 Å². The number of halogens is 1. The van der Waals surface area contributed by atoms with Crippen LogP contribution in [0.4, 0.5) is 11.4 Å². The van der Waals surface area contributed by atoms with Crippen LogP contribution in [0.3, 0.4) is 0 Å². The summed E-state index contributed by atoms with van der Waals surface area (Å²) in [4.78, 5) is 24.5. The molecule has 1 aliphatic carbocycles. The average Bonchev–Trinajstić information content (AvgIpc) is 3.06. The van der Waals surface area contributed by atoms with Gasteiger partial charge in [-0.25, -0.2) is 0 Å². The van der Waals surface area contributed by atoms with Gasteiger partial charge < -0.3 is 15.3 Å². The van der Waals surface area contributed by atoms with Crippen LogP contribution < -0.4 is 10.2 Å². The second-order valence-electron chi connectivity index (χ2n) is 4.59. The van der Waals surface area contributed by atoms with Gasteiger partial charge in [0, 0.05) is 10.5 Å². The zero-order valence-electron chi connectivity index (χ0n) is 9.39. The molecule has 18 heavy (non-hydrogen) atoms. The normalized spacial score (nSPS) is 25.4. The van der Waals surface area contributed by atoms with Crippen LogP contribution in [0.25, 0.3) is 0 Å². The summed E-state index contributed by atoms with van der Waals surface area (Å²) in [5.74, 6) is -1.24. The minimum Gasteiger partial charge on any atom is -0.481 e. The largest absolute Gasteiger partial charge is 0.481 e. The van der Waals surface area contributed by atoms with Crippen molar-refractivity contribution in [2.75, 3.05) is 16.8 Å². The second kappa shape index (κ2) is 3.98. The van der Waals surface area contributed by atoms with E-state index < -0.39 is 5.97 Å². The summed E-state index contributed by atoms with van der Waals surface area (Å²) in [6.45, 7) is 0.225. The van der Waals surface area contributed by atoms with Crippen LogP contribution in [0.5, 0.6) is 0 Å². The molecule has 5 nitrogen and oxygen atoms in total. The zero-order chi connectivity index (χ0) is 12.9. The van der Waals surface area contributed by atoms with Crippen LogP contribution in [0.2, 0.25) is 0 Å². The van der Waals surface area contributed by atoms with Crippen molar-refractivity contribution in [3.8, 4) is 0 Å². The van der Waals surface area contributed by atoms with Gasteiger partial charge in [0.15, 0.2) is 0 Å². The van der Waals surface area contributed by atoms with E-state index in [1.807, 2.05) is 23.1 Å². The van der Waals surface area contributed by atoms with Gasteiger partial charge in [0.05, 0.1) is 23.8 Å². The fourth-order valence-corrected chi connectivity index (χ4v) is 2.74. The van der Waals surface area contributed by atoms with E-state index in [2.05, 4.69) is 21.2 Å². The number of carbonyl (C=O) groups excluding carboxylic acids is 1. The second-order valence-corrected chi connectivity index (χ2v) is 5.50. The number of fused-ring (bicyclic) bond motifs is 1. The molecular formula is C12H11BrN2O3. The highest BCUT2D eigenvalue weighted by Crippen LogP contribution is 2.43. The maximum Gasteiger partial charge on any atom is 0.308 e. The van der Waals surface area contributed by atoms with E-state index >= 15 is 0 Å². The Morgan fingerprint density at radius 2 is 2.28 bits per heavy atom. The number of hydrogen-bond donors (Lipinski definition) is 2. The summed E-state index contributed by atoms with van der Waals surface area (Å²) in [6.07, 6.45) is 0.609. The van der Waals surface area contributed by atoms with Gasteiger partial charge in [0.1, 0.15) is 0 Å². The summed E-state index contributed by atoms with van der Waals surface area (Å²) >= 11 is 3.35. The summed E-state index contributed by atoms with van der Waals surface area (Å²) < 4.78 is 0.883. The van der Waals surface area contributed by atoms with Crippen molar-refractivity contribution in [2.45, 2.75) is 12.5 Å². The molecule has 6 heteroatoms. The van der Waals surface area contributed by atoms with Gasteiger partial charge in [-0.2, -0.15) is 0 Å². The molecule has 2 atom stereocenters. The summed E-state index contributed by atoms with van der Waals surface area (Å²) in [5.41, 5.74) is 1.63. The summed E-state index contributed by atoms with van der Waals surface area (Å²) in [5, 5.41) is 11.8. The molecule has 1 heterocycles. The number of hydrogen-bond acceptors (Lipinski definition) is 3. The molecule has 94 valence electrons. The fraction of sp³-hybridized carbons (Fsp3) is 0.333. The molecule has 1 amide bonds. The molecule has 2 aliphatic rings. The summed E-state index contributed by atoms with van der Waals surface area (Å²) in [6, 6.07) is 5.56. The molecular weight excluding hydrogens is 300 g/mol. The summed E-state index contributed by atoms with van der Waals surface area (Å²) in [7, 11) is 0. The molecule has 1 aromatic rings. The lowest BCUT2D eigenvalue weighted by Crippen LogP contribution is -2.40. The highest BCUT2D eigenvalue weighted by molar-refractivity contribution is 9.10. The topological polar surface area (TPSA) is 69.6 Å². The van der Waals surface area contributed by atoms with E-state index in [1.165, 1.54) is 0 Å². The molecule has 0 bridgehead atoms. The number of carboxylic acid groups (broad SMARTS) is 1. The zero-order valence-corrected chi connectivity index (χ0v) is 11.0. The van der Waals surface area contributed by atoms with Gasteiger partial charge in [0.2, 0.25) is 5.91 Å². The third-order valence-corrected chi connectivity index (χ3v) is 3.82. The van der Waals surface area contributed by atoms with Gasteiger partial charge >= 0.3 is 5.97 Å². The van der Waals surface area contributed by atoms with E-state index in [9.17, 15) is 9.59 Å². The Bertz CT molecular complexity index is 546. The number of rotatable bonds is 2. The number of aliphatic carboxylic acids is 1. The van der Waals surface area contributed by atoms with Crippen LogP contribution in [0.1, 0.15) is 6.42 Å². The van der Waals surface area contributed by atoms with Crippen molar-refractivity contribution in [1.29, 1.82) is 0 Å². The van der Waals surface area contributed by atoms with Gasteiger partial charge in [-0.1, -0.05) is 15.9 Å². The predicted molar refractivity (Wildman–Crippen MR) is 69.6 cm³/mol. The number of nitrogens with one attached hydrogen (secondary N) is 1. The van der Waals surface area contributed by atoms with Gasteiger partial charge in [-0.15, -0.1) is 0 Å². The van der Waals surface area contributed by atoms with Crippen molar-refractivity contribution in [2.24, 2.45) is 5.92 Å². The molecule has 0 spiro atoms. The van der Waals surface area contributed by atoms with E-state index in [1.54, 1.807) is 0 Å². The third-order valence-electron chi connectivity index (χ3n) is 3.33. The van der Waals surface area contributed by atoms with Crippen molar-refractivity contribution >= 4 is 39.2 Å². The Kier molecular flexibility index (Phi) is 2.55. The Balaban J connectivity index is 1.94. The number of amides is 1.